The molecule has 7 nitrogen and oxygen atoms in total. The zero-order valence-electron chi connectivity index (χ0n) is 13.0. The van der Waals surface area contributed by atoms with Gasteiger partial charge in [-0.2, -0.15) is 5.26 Å². The van der Waals surface area contributed by atoms with Crippen LogP contribution in [0.3, 0.4) is 0 Å². The van der Waals surface area contributed by atoms with E-state index < -0.39 is 17.1 Å². The minimum Gasteiger partial charge on any atom is -0.247 e. The number of benzene rings is 1. The molecule has 0 aliphatic rings. The van der Waals surface area contributed by atoms with Gasteiger partial charge in [0.1, 0.15) is 0 Å². The van der Waals surface area contributed by atoms with E-state index in [1.54, 1.807) is 24.3 Å². The van der Waals surface area contributed by atoms with Crippen molar-refractivity contribution in [2.45, 2.75) is 19.6 Å². The predicted molar refractivity (Wildman–Crippen MR) is 89.9 cm³/mol. The van der Waals surface area contributed by atoms with Crippen LogP contribution in [0.25, 0.3) is 0 Å². The number of nitriles is 1. The van der Waals surface area contributed by atoms with Crippen molar-refractivity contribution in [2.75, 3.05) is 0 Å². The maximum Gasteiger partial charge on any atom is 0.336 e. The van der Waals surface area contributed by atoms with Crippen molar-refractivity contribution in [3.05, 3.63) is 92.2 Å². The van der Waals surface area contributed by atoms with Crippen LogP contribution in [0.1, 0.15) is 11.1 Å². The van der Waals surface area contributed by atoms with Crippen LogP contribution in [0.15, 0.2) is 64.0 Å². The molecule has 0 amide bonds. The van der Waals surface area contributed by atoms with Crippen LogP contribution in [0.2, 0.25) is 0 Å². The van der Waals surface area contributed by atoms with Crippen molar-refractivity contribution >= 4 is 0 Å². The van der Waals surface area contributed by atoms with Gasteiger partial charge >= 0.3 is 17.1 Å². The van der Waals surface area contributed by atoms with Crippen molar-refractivity contribution in [3.63, 3.8) is 0 Å². The molecule has 0 bridgehead atoms. The summed E-state index contributed by atoms with van der Waals surface area (Å²) in [7, 11) is 0. The molecule has 2 aromatic rings. The zero-order valence-corrected chi connectivity index (χ0v) is 13.0. The fourth-order valence-corrected chi connectivity index (χ4v) is 2.26. The molecule has 0 spiro atoms. The fourth-order valence-electron chi connectivity index (χ4n) is 2.26. The Bertz CT molecular complexity index is 937. The highest BCUT2D eigenvalue weighted by atomic mass is 16.2. The number of hydrogen-bond donors (Lipinski definition) is 0. The molecule has 0 saturated carbocycles. The smallest absolute Gasteiger partial charge is 0.247 e. The van der Waals surface area contributed by atoms with Crippen LogP contribution >= 0.6 is 0 Å². The average Bonchev–Trinajstić information content (AvgIpc) is 2.60. The number of hydrogen-bond acceptors (Lipinski definition) is 4. The van der Waals surface area contributed by atoms with Crippen molar-refractivity contribution in [3.8, 4) is 6.07 Å². The summed E-state index contributed by atoms with van der Waals surface area (Å²) in [5.74, 6) is 0. The third-order valence-electron chi connectivity index (χ3n) is 3.43. The number of aromatic nitrogens is 3. The van der Waals surface area contributed by atoms with E-state index in [-0.39, 0.29) is 19.6 Å². The minimum absolute atomic E-state index is 0.00204. The van der Waals surface area contributed by atoms with Crippen LogP contribution in [0, 0.1) is 11.3 Å². The van der Waals surface area contributed by atoms with Crippen LogP contribution in [0.5, 0.6) is 0 Å². The Labute approximate surface area is 137 Å². The summed E-state index contributed by atoms with van der Waals surface area (Å²) in [6.07, 6.45) is 2.83. The Balaban J connectivity index is 2.63. The Hall–Kier alpha value is -3.40. The molecule has 0 aliphatic heterocycles. The number of rotatable bonds is 6. The second-order valence-electron chi connectivity index (χ2n) is 5.04. The van der Waals surface area contributed by atoms with Crippen LogP contribution < -0.4 is 17.1 Å². The molecule has 0 N–H and O–H groups in total. The lowest BCUT2D eigenvalue weighted by Crippen LogP contribution is -2.54. The van der Waals surface area contributed by atoms with Crippen molar-refractivity contribution in [1.29, 1.82) is 5.26 Å². The molecule has 0 fully saturated rings. The van der Waals surface area contributed by atoms with E-state index in [2.05, 4.69) is 13.2 Å². The van der Waals surface area contributed by atoms with Gasteiger partial charge in [-0.3, -0.25) is 0 Å². The molecule has 122 valence electrons. The van der Waals surface area contributed by atoms with Gasteiger partial charge in [-0.05, 0) is 17.7 Å². The van der Waals surface area contributed by atoms with E-state index in [0.29, 0.717) is 11.1 Å². The lowest BCUT2D eigenvalue weighted by atomic mass is 10.1. The third-order valence-corrected chi connectivity index (χ3v) is 3.43. The van der Waals surface area contributed by atoms with Gasteiger partial charge in [-0.1, -0.05) is 24.3 Å². The maximum atomic E-state index is 12.5. The summed E-state index contributed by atoms with van der Waals surface area (Å²) in [6.45, 7) is 7.05. The average molecular weight is 324 g/mol. The van der Waals surface area contributed by atoms with Gasteiger partial charge in [0.15, 0.2) is 0 Å². The molecule has 2 rings (SSSR count). The second-order valence-corrected chi connectivity index (χ2v) is 5.04. The summed E-state index contributed by atoms with van der Waals surface area (Å²) < 4.78 is 2.87. The summed E-state index contributed by atoms with van der Waals surface area (Å²) in [4.78, 5) is 37.2. The molecular formula is C17H16N4O3. The van der Waals surface area contributed by atoms with Crippen LogP contribution in [0.4, 0.5) is 0 Å². The molecule has 1 heterocycles. The van der Waals surface area contributed by atoms with Gasteiger partial charge in [-0.15, -0.1) is 13.2 Å². The van der Waals surface area contributed by atoms with E-state index in [4.69, 9.17) is 5.26 Å². The highest BCUT2D eigenvalue weighted by Crippen LogP contribution is 2.03. The fraction of sp³-hybridized carbons (Fsp3) is 0.176. The molecule has 0 radical (unpaired) electrons. The molecule has 1 aromatic carbocycles. The first-order chi connectivity index (χ1) is 11.5. The third kappa shape index (κ3) is 3.17. The quantitative estimate of drug-likeness (QED) is 0.722. The topological polar surface area (TPSA) is 89.8 Å². The van der Waals surface area contributed by atoms with Crippen LogP contribution in [-0.4, -0.2) is 13.7 Å². The van der Waals surface area contributed by atoms with E-state index in [1.165, 1.54) is 12.2 Å². The minimum atomic E-state index is -0.699. The molecule has 0 aliphatic carbocycles. The van der Waals surface area contributed by atoms with E-state index in [0.717, 1.165) is 13.7 Å². The first-order valence-corrected chi connectivity index (χ1v) is 7.18. The SMILES string of the molecule is C=CCn1c(=O)n(CC=C)c(=O)n(Cc2ccc(C#N)cc2)c1=O. The lowest BCUT2D eigenvalue weighted by molar-refractivity contribution is 0.498. The van der Waals surface area contributed by atoms with Crippen molar-refractivity contribution in [1.82, 2.24) is 13.7 Å². The van der Waals surface area contributed by atoms with Crippen molar-refractivity contribution in [2.24, 2.45) is 0 Å². The maximum absolute atomic E-state index is 12.5. The standard InChI is InChI=1S/C17H16N4O3/c1-3-9-19-15(22)20(10-4-2)17(24)21(16(19)23)12-14-7-5-13(11-18)6-8-14/h3-8H,1-2,9-10,12H2. The molecule has 1 aromatic heterocycles. The Morgan fingerprint density at radius 2 is 1.33 bits per heavy atom. The summed E-state index contributed by atoms with van der Waals surface area (Å²) >= 11 is 0. The summed E-state index contributed by atoms with van der Waals surface area (Å²) in [6, 6.07) is 8.51. The highest BCUT2D eigenvalue weighted by Gasteiger charge is 2.14. The molecule has 24 heavy (non-hydrogen) atoms. The molecule has 0 unspecified atom stereocenters. The van der Waals surface area contributed by atoms with Gasteiger partial charge in [0.25, 0.3) is 0 Å². The predicted octanol–water partition coefficient (Wildman–Crippen LogP) is 0.464. The number of nitrogens with zero attached hydrogens (tertiary/aromatic N) is 4. The second kappa shape index (κ2) is 7.24. The molecule has 0 atom stereocenters. The zero-order chi connectivity index (χ0) is 17.7. The Morgan fingerprint density at radius 3 is 1.75 bits per heavy atom. The lowest BCUT2D eigenvalue weighted by Gasteiger charge is -2.12. The van der Waals surface area contributed by atoms with Crippen molar-refractivity contribution < 1.29 is 0 Å². The van der Waals surface area contributed by atoms with Gasteiger partial charge in [0.05, 0.1) is 31.3 Å². The van der Waals surface area contributed by atoms with Crippen LogP contribution in [-0.2, 0) is 19.6 Å². The molecular weight excluding hydrogens is 308 g/mol. The van der Waals surface area contributed by atoms with Gasteiger partial charge < -0.3 is 0 Å². The monoisotopic (exact) mass is 324 g/mol. The van der Waals surface area contributed by atoms with E-state index in [1.807, 2.05) is 6.07 Å². The largest absolute Gasteiger partial charge is 0.336 e. The molecule has 7 heteroatoms. The van der Waals surface area contributed by atoms with E-state index in [9.17, 15) is 14.4 Å². The Morgan fingerprint density at radius 1 is 0.875 bits per heavy atom. The normalized spacial score (nSPS) is 10.1. The Kier molecular flexibility index (Phi) is 5.12. The van der Waals surface area contributed by atoms with Gasteiger partial charge in [-0.25, -0.2) is 28.1 Å². The summed E-state index contributed by atoms with van der Waals surface area (Å²) in [5, 5.41) is 8.81. The summed E-state index contributed by atoms with van der Waals surface area (Å²) in [5.41, 5.74) is -0.945. The first kappa shape index (κ1) is 17.0. The highest BCUT2D eigenvalue weighted by molar-refractivity contribution is 5.31. The number of allylic oxidation sites excluding steroid dienone is 2. The first-order valence-electron chi connectivity index (χ1n) is 7.18. The molecule has 0 saturated heterocycles. The van der Waals surface area contributed by atoms with Gasteiger partial charge in [0, 0.05) is 0 Å². The van der Waals surface area contributed by atoms with E-state index >= 15 is 0 Å². The van der Waals surface area contributed by atoms with Gasteiger partial charge in [0.2, 0.25) is 0 Å².